The molecule has 2 heterocycles. The second kappa shape index (κ2) is 7.80. The van der Waals surface area contributed by atoms with Crippen LogP contribution < -0.4 is 11.1 Å². The first-order chi connectivity index (χ1) is 12.5. The fourth-order valence-corrected chi connectivity index (χ4v) is 3.46. The third-order valence-corrected chi connectivity index (χ3v) is 4.80. The predicted molar refractivity (Wildman–Crippen MR) is 97.0 cm³/mol. The van der Waals surface area contributed by atoms with Crippen LogP contribution in [0.15, 0.2) is 41.0 Å². The molecule has 4 N–H and O–H groups in total. The molecular weight excluding hydrogens is 358 g/mol. The van der Waals surface area contributed by atoms with Gasteiger partial charge in [-0.05, 0) is 43.2 Å². The minimum atomic E-state index is -0.757. The first-order valence-electron chi connectivity index (χ1n) is 8.34. The zero-order chi connectivity index (χ0) is 18.7. The number of hydrogen-bond donors (Lipinski definition) is 3. The van der Waals surface area contributed by atoms with Crippen molar-refractivity contribution in [3.8, 4) is 0 Å². The molecule has 0 saturated carbocycles. The maximum atomic E-state index is 12.6. The third-order valence-electron chi connectivity index (χ3n) is 4.49. The van der Waals surface area contributed by atoms with Gasteiger partial charge in [0.2, 0.25) is 5.91 Å². The lowest BCUT2D eigenvalue weighted by Gasteiger charge is -2.26. The van der Waals surface area contributed by atoms with Crippen LogP contribution in [0.1, 0.15) is 41.5 Å². The van der Waals surface area contributed by atoms with E-state index in [-0.39, 0.29) is 22.7 Å². The van der Waals surface area contributed by atoms with Crippen molar-refractivity contribution < 1.29 is 19.1 Å². The highest BCUT2D eigenvalue weighted by Crippen LogP contribution is 2.28. The van der Waals surface area contributed by atoms with E-state index in [1.54, 1.807) is 23.1 Å². The molecule has 0 aliphatic carbocycles. The van der Waals surface area contributed by atoms with Gasteiger partial charge in [0.05, 0.1) is 16.8 Å². The molecule has 0 radical (unpaired) electrons. The number of halogens is 1. The number of nitrogens with zero attached hydrogens (tertiary/aromatic N) is 1. The average Bonchev–Trinajstić information content (AvgIpc) is 3.26. The van der Waals surface area contributed by atoms with Crippen LogP contribution in [0, 0.1) is 0 Å². The average molecular weight is 378 g/mol. The van der Waals surface area contributed by atoms with E-state index in [0.29, 0.717) is 24.4 Å². The summed E-state index contributed by atoms with van der Waals surface area (Å²) in [6, 6.07) is 7.61. The van der Waals surface area contributed by atoms with Crippen LogP contribution in [0.2, 0.25) is 5.02 Å². The SMILES string of the molecule is NC(=O)c1ccc(NC(=O)N2CCC[C@H]2C[C@H](O)c2ccco2)cc1Cl. The fourth-order valence-electron chi connectivity index (χ4n) is 3.19. The van der Waals surface area contributed by atoms with Gasteiger partial charge in [0.1, 0.15) is 11.9 Å². The number of nitrogens with one attached hydrogen (secondary N) is 1. The Hall–Kier alpha value is -2.51. The number of carbonyl (C=O) groups excluding carboxylic acids is 2. The number of nitrogens with two attached hydrogens (primary N) is 1. The minimum absolute atomic E-state index is 0.0875. The Morgan fingerprint density at radius 2 is 2.23 bits per heavy atom. The van der Waals surface area contributed by atoms with Crippen LogP contribution >= 0.6 is 11.6 Å². The van der Waals surface area contributed by atoms with E-state index in [1.807, 2.05) is 0 Å². The number of benzene rings is 1. The van der Waals surface area contributed by atoms with Gasteiger partial charge in [-0.2, -0.15) is 0 Å². The molecule has 1 fully saturated rings. The van der Waals surface area contributed by atoms with E-state index in [2.05, 4.69) is 5.32 Å². The van der Waals surface area contributed by atoms with Crippen molar-refractivity contribution >= 4 is 29.2 Å². The summed E-state index contributed by atoms with van der Waals surface area (Å²) in [5, 5.41) is 13.2. The van der Waals surface area contributed by atoms with Gasteiger partial charge >= 0.3 is 6.03 Å². The summed E-state index contributed by atoms with van der Waals surface area (Å²) in [6.07, 6.45) is 2.84. The number of aliphatic hydroxyl groups excluding tert-OH is 1. The third kappa shape index (κ3) is 4.00. The maximum Gasteiger partial charge on any atom is 0.322 e. The van der Waals surface area contributed by atoms with Gasteiger partial charge in [-0.1, -0.05) is 11.6 Å². The molecule has 1 aliphatic rings. The van der Waals surface area contributed by atoms with Gasteiger partial charge in [0.25, 0.3) is 0 Å². The van der Waals surface area contributed by atoms with Gasteiger partial charge in [-0.3, -0.25) is 4.79 Å². The van der Waals surface area contributed by atoms with Crippen LogP contribution in [0.4, 0.5) is 10.5 Å². The Morgan fingerprint density at radius 1 is 1.42 bits per heavy atom. The highest BCUT2D eigenvalue weighted by molar-refractivity contribution is 6.34. The summed E-state index contributed by atoms with van der Waals surface area (Å²) in [7, 11) is 0. The molecule has 2 atom stereocenters. The van der Waals surface area contributed by atoms with Crippen LogP contribution in [0.25, 0.3) is 0 Å². The molecule has 7 nitrogen and oxygen atoms in total. The molecule has 1 aromatic carbocycles. The monoisotopic (exact) mass is 377 g/mol. The molecule has 8 heteroatoms. The number of hydrogen-bond acceptors (Lipinski definition) is 4. The molecular formula is C18H20ClN3O4. The number of urea groups is 1. The molecule has 3 amide bonds. The van der Waals surface area contributed by atoms with Crippen molar-refractivity contribution in [2.45, 2.75) is 31.4 Å². The zero-order valence-electron chi connectivity index (χ0n) is 14.0. The Bertz CT molecular complexity index is 794. The van der Waals surface area contributed by atoms with E-state index in [9.17, 15) is 14.7 Å². The number of anilines is 1. The minimum Gasteiger partial charge on any atom is -0.467 e. The lowest BCUT2D eigenvalue weighted by Crippen LogP contribution is -2.39. The molecule has 26 heavy (non-hydrogen) atoms. The number of amides is 3. The summed E-state index contributed by atoms with van der Waals surface area (Å²) in [5.74, 6) is -0.134. The number of likely N-dealkylation sites (tertiary alicyclic amines) is 1. The summed E-state index contributed by atoms with van der Waals surface area (Å²) < 4.78 is 5.22. The van der Waals surface area contributed by atoms with Gasteiger partial charge in [0, 0.05) is 24.7 Å². The van der Waals surface area contributed by atoms with Crippen molar-refractivity contribution in [3.63, 3.8) is 0 Å². The molecule has 0 bridgehead atoms. The predicted octanol–water partition coefficient (Wildman–Crippen LogP) is 3.15. The maximum absolute atomic E-state index is 12.6. The summed E-state index contributed by atoms with van der Waals surface area (Å²) in [4.78, 5) is 25.5. The number of primary amides is 1. The van der Waals surface area contributed by atoms with E-state index in [1.165, 1.54) is 18.4 Å². The Morgan fingerprint density at radius 3 is 2.88 bits per heavy atom. The first kappa shape index (κ1) is 18.3. The van der Waals surface area contributed by atoms with Gasteiger partial charge in [-0.15, -0.1) is 0 Å². The smallest absolute Gasteiger partial charge is 0.322 e. The van der Waals surface area contributed by atoms with Crippen LogP contribution in [-0.4, -0.2) is 34.5 Å². The van der Waals surface area contributed by atoms with E-state index in [4.69, 9.17) is 21.8 Å². The Kier molecular flexibility index (Phi) is 5.49. The Labute approximate surface area is 155 Å². The first-order valence-corrected chi connectivity index (χ1v) is 8.72. The highest BCUT2D eigenvalue weighted by Gasteiger charge is 2.31. The largest absolute Gasteiger partial charge is 0.467 e. The van der Waals surface area contributed by atoms with E-state index >= 15 is 0 Å². The van der Waals surface area contributed by atoms with Crippen LogP contribution in [0.5, 0.6) is 0 Å². The summed E-state index contributed by atoms with van der Waals surface area (Å²) >= 11 is 6.01. The van der Waals surface area contributed by atoms with Crippen molar-refractivity contribution in [1.82, 2.24) is 4.90 Å². The van der Waals surface area contributed by atoms with Crippen LogP contribution in [-0.2, 0) is 0 Å². The summed E-state index contributed by atoms with van der Waals surface area (Å²) in [6.45, 7) is 0.606. The van der Waals surface area contributed by atoms with Crippen molar-refractivity contribution in [3.05, 3.63) is 52.9 Å². The standard InChI is InChI=1S/C18H20ClN3O4/c19-14-9-11(5-6-13(14)17(20)24)21-18(25)22-7-1-3-12(22)10-15(23)16-4-2-8-26-16/h2,4-6,8-9,12,15,23H,1,3,7,10H2,(H2,20,24)(H,21,25)/t12-,15-/m0/s1. The highest BCUT2D eigenvalue weighted by atomic mass is 35.5. The molecule has 2 aromatic rings. The van der Waals surface area contributed by atoms with Crippen LogP contribution in [0.3, 0.4) is 0 Å². The van der Waals surface area contributed by atoms with Crippen molar-refractivity contribution in [2.75, 3.05) is 11.9 Å². The lowest BCUT2D eigenvalue weighted by molar-refractivity contribution is 0.1000. The molecule has 1 aliphatic heterocycles. The van der Waals surface area contributed by atoms with Gasteiger partial charge < -0.3 is 25.5 Å². The molecule has 138 valence electrons. The lowest BCUT2D eigenvalue weighted by atomic mass is 10.1. The molecule has 1 aromatic heterocycles. The topological polar surface area (TPSA) is 109 Å². The molecule has 1 saturated heterocycles. The molecule has 3 rings (SSSR count). The zero-order valence-corrected chi connectivity index (χ0v) is 14.8. The number of carbonyl (C=O) groups is 2. The normalized spacial score (nSPS) is 17.9. The quantitative estimate of drug-likeness (QED) is 0.743. The second-order valence-electron chi connectivity index (χ2n) is 6.25. The molecule has 0 spiro atoms. The fraction of sp³-hybridized carbons (Fsp3) is 0.333. The summed E-state index contributed by atoms with van der Waals surface area (Å²) in [5.41, 5.74) is 5.89. The second-order valence-corrected chi connectivity index (χ2v) is 6.65. The van der Waals surface area contributed by atoms with E-state index < -0.39 is 12.0 Å². The number of rotatable bonds is 5. The van der Waals surface area contributed by atoms with Crippen molar-refractivity contribution in [1.29, 1.82) is 0 Å². The number of aliphatic hydroxyl groups is 1. The Balaban J connectivity index is 1.65. The number of furan rings is 1. The van der Waals surface area contributed by atoms with Crippen molar-refractivity contribution in [2.24, 2.45) is 5.73 Å². The van der Waals surface area contributed by atoms with Gasteiger partial charge in [-0.25, -0.2) is 4.79 Å². The van der Waals surface area contributed by atoms with Gasteiger partial charge in [0.15, 0.2) is 0 Å². The molecule has 0 unspecified atom stereocenters. The van der Waals surface area contributed by atoms with E-state index in [0.717, 1.165) is 12.8 Å².